The number of rotatable bonds is 6. The first-order valence-corrected chi connectivity index (χ1v) is 8.72. The molecule has 0 aliphatic carbocycles. The van der Waals surface area contributed by atoms with E-state index in [1.165, 1.54) is 21.3 Å². The summed E-state index contributed by atoms with van der Waals surface area (Å²) in [5.74, 6) is 1.17. The smallest absolute Gasteiger partial charge is 0.255 e. The number of amides is 1. The van der Waals surface area contributed by atoms with Gasteiger partial charge in [0.15, 0.2) is 11.5 Å². The van der Waals surface area contributed by atoms with E-state index >= 15 is 0 Å². The zero-order valence-electron chi connectivity index (χ0n) is 16.6. The van der Waals surface area contributed by atoms with Crippen molar-refractivity contribution in [1.29, 1.82) is 0 Å². The molecule has 2 aromatic carbocycles. The van der Waals surface area contributed by atoms with Gasteiger partial charge >= 0.3 is 0 Å². The summed E-state index contributed by atoms with van der Waals surface area (Å²) in [5, 5.41) is 7.31. The van der Waals surface area contributed by atoms with Gasteiger partial charge in [-0.05, 0) is 44.2 Å². The number of hydrogen-bond donors (Lipinski definition) is 1. The van der Waals surface area contributed by atoms with Crippen LogP contribution in [-0.4, -0.2) is 37.0 Å². The first kappa shape index (κ1) is 19.3. The van der Waals surface area contributed by atoms with Crippen LogP contribution in [0.2, 0.25) is 0 Å². The standard InChI is InChI=1S/C21H23N3O4/c1-13-10-14(2)24(23-13)17-8-6-15(7-9-17)21(25)22-16-11-18(26-3)20(28-5)19(12-16)27-4/h6-12H,1-5H3,(H,22,25). The molecule has 3 rings (SSSR count). The molecule has 0 fully saturated rings. The van der Waals surface area contributed by atoms with E-state index in [-0.39, 0.29) is 5.91 Å². The summed E-state index contributed by atoms with van der Waals surface area (Å²) in [6.45, 7) is 3.94. The van der Waals surface area contributed by atoms with E-state index in [1.54, 1.807) is 24.3 Å². The lowest BCUT2D eigenvalue weighted by Crippen LogP contribution is -2.12. The number of nitrogens with one attached hydrogen (secondary N) is 1. The summed E-state index contributed by atoms with van der Waals surface area (Å²) in [5.41, 5.74) is 3.95. The van der Waals surface area contributed by atoms with Gasteiger partial charge in [0.25, 0.3) is 5.91 Å². The maximum atomic E-state index is 12.6. The summed E-state index contributed by atoms with van der Waals surface area (Å²) in [4.78, 5) is 12.6. The molecule has 0 spiro atoms. The number of carbonyl (C=O) groups is 1. The second-order valence-electron chi connectivity index (χ2n) is 6.25. The minimum atomic E-state index is -0.241. The minimum Gasteiger partial charge on any atom is -0.493 e. The van der Waals surface area contributed by atoms with Gasteiger partial charge in [-0.15, -0.1) is 0 Å². The van der Waals surface area contributed by atoms with Crippen molar-refractivity contribution in [2.24, 2.45) is 0 Å². The number of methoxy groups -OCH3 is 3. The zero-order valence-corrected chi connectivity index (χ0v) is 16.6. The first-order valence-electron chi connectivity index (χ1n) is 8.72. The third-order valence-electron chi connectivity index (χ3n) is 4.31. The Hall–Kier alpha value is -3.48. The molecular formula is C21H23N3O4. The third-order valence-corrected chi connectivity index (χ3v) is 4.31. The highest BCUT2D eigenvalue weighted by atomic mass is 16.5. The molecule has 0 bridgehead atoms. The second kappa shape index (κ2) is 8.04. The van der Waals surface area contributed by atoms with Crippen molar-refractivity contribution < 1.29 is 19.0 Å². The second-order valence-corrected chi connectivity index (χ2v) is 6.25. The lowest BCUT2D eigenvalue weighted by Gasteiger charge is -2.14. The highest BCUT2D eigenvalue weighted by molar-refractivity contribution is 6.04. The minimum absolute atomic E-state index is 0.241. The zero-order chi connectivity index (χ0) is 20.3. The molecule has 1 amide bonds. The monoisotopic (exact) mass is 381 g/mol. The lowest BCUT2D eigenvalue weighted by atomic mass is 10.1. The van der Waals surface area contributed by atoms with Gasteiger partial charge in [0, 0.05) is 29.1 Å². The number of nitrogens with zero attached hydrogens (tertiary/aromatic N) is 2. The van der Waals surface area contributed by atoms with Crippen LogP contribution in [0, 0.1) is 13.8 Å². The van der Waals surface area contributed by atoms with Crippen LogP contribution in [0.3, 0.4) is 0 Å². The maximum Gasteiger partial charge on any atom is 0.255 e. The van der Waals surface area contributed by atoms with E-state index in [0.29, 0.717) is 28.5 Å². The Labute approximate surface area is 163 Å². The Kier molecular flexibility index (Phi) is 5.54. The van der Waals surface area contributed by atoms with Crippen molar-refractivity contribution in [3.63, 3.8) is 0 Å². The van der Waals surface area contributed by atoms with E-state index < -0.39 is 0 Å². The molecule has 3 aromatic rings. The molecule has 0 aliphatic heterocycles. The molecule has 1 heterocycles. The van der Waals surface area contributed by atoms with Crippen LogP contribution in [0.25, 0.3) is 5.69 Å². The average molecular weight is 381 g/mol. The molecular weight excluding hydrogens is 358 g/mol. The summed E-state index contributed by atoms with van der Waals surface area (Å²) in [6.07, 6.45) is 0. The normalized spacial score (nSPS) is 10.5. The molecule has 0 radical (unpaired) electrons. The van der Waals surface area contributed by atoms with Gasteiger partial charge in [-0.2, -0.15) is 5.10 Å². The molecule has 0 aliphatic rings. The van der Waals surface area contributed by atoms with Gasteiger partial charge < -0.3 is 19.5 Å². The SMILES string of the molecule is COc1cc(NC(=O)c2ccc(-n3nc(C)cc3C)cc2)cc(OC)c1OC. The van der Waals surface area contributed by atoms with Gasteiger partial charge in [0.1, 0.15) is 0 Å². The number of benzene rings is 2. The van der Waals surface area contributed by atoms with Crippen LogP contribution in [-0.2, 0) is 0 Å². The van der Waals surface area contributed by atoms with E-state index in [9.17, 15) is 4.79 Å². The number of aryl methyl sites for hydroxylation is 2. The van der Waals surface area contributed by atoms with E-state index in [1.807, 2.05) is 36.7 Å². The van der Waals surface area contributed by atoms with Gasteiger partial charge in [-0.25, -0.2) is 4.68 Å². The highest BCUT2D eigenvalue weighted by Crippen LogP contribution is 2.40. The molecule has 1 N–H and O–H groups in total. The van der Waals surface area contributed by atoms with Crippen molar-refractivity contribution in [2.45, 2.75) is 13.8 Å². The Bertz CT molecular complexity index is 968. The van der Waals surface area contributed by atoms with Gasteiger partial charge in [0.05, 0.1) is 32.7 Å². The quantitative estimate of drug-likeness (QED) is 0.704. The lowest BCUT2D eigenvalue weighted by molar-refractivity contribution is 0.102. The van der Waals surface area contributed by atoms with Crippen molar-refractivity contribution in [3.05, 3.63) is 59.4 Å². The molecule has 0 saturated heterocycles. The Morgan fingerprint density at radius 3 is 2.00 bits per heavy atom. The predicted molar refractivity (Wildman–Crippen MR) is 107 cm³/mol. The van der Waals surface area contributed by atoms with E-state index in [4.69, 9.17) is 14.2 Å². The molecule has 0 atom stereocenters. The number of carbonyl (C=O) groups excluding carboxylic acids is 1. The molecule has 7 heteroatoms. The summed E-state index contributed by atoms with van der Waals surface area (Å²) >= 11 is 0. The van der Waals surface area contributed by atoms with Gasteiger partial charge in [0.2, 0.25) is 5.75 Å². The Balaban J connectivity index is 1.82. The summed E-state index contributed by atoms with van der Waals surface area (Å²) in [6, 6.07) is 12.6. The van der Waals surface area contributed by atoms with Crippen LogP contribution >= 0.6 is 0 Å². The number of aromatic nitrogens is 2. The van der Waals surface area contributed by atoms with E-state index in [2.05, 4.69) is 10.4 Å². The average Bonchev–Trinajstić information content (AvgIpc) is 3.05. The third kappa shape index (κ3) is 3.78. The number of anilines is 1. The van der Waals surface area contributed by atoms with Crippen molar-refractivity contribution >= 4 is 11.6 Å². The highest BCUT2D eigenvalue weighted by Gasteiger charge is 2.15. The van der Waals surface area contributed by atoms with Crippen LogP contribution in [0.4, 0.5) is 5.69 Å². The Morgan fingerprint density at radius 1 is 0.929 bits per heavy atom. The van der Waals surface area contributed by atoms with Gasteiger partial charge in [-0.1, -0.05) is 0 Å². The molecule has 0 saturated carbocycles. The van der Waals surface area contributed by atoms with E-state index in [0.717, 1.165) is 17.1 Å². The fourth-order valence-electron chi connectivity index (χ4n) is 3.00. The Morgan fingerprint density at radius 2 is 1.54 bits per heavy atom. The molecule has 28 heavy (non-hydrogen) atoms. The molecule has 7 nitrogen and oxygen atoms in total. The first-order chi connectivity index (χ1) is 13.5. The summed E-state index contributed by atoms with van der Waals surface area (Å²) in [7, 11) is 4.59. The molecule has 0 unspecified atom stereocenters. The molecule has 146 valence electrons. The van der Waals surface area contributed by atoms with Crippen LogP contribution in [0.1, 0.15) is 21.7 Å². The predicted octanol–water partition coefficient (Wildman–Crippen LogP) is 3.77. The van der Waals surface area contributed by atoms with Crippen molar-refractivity contribution in [2.75, 3.05) is 26.6 Å². The largest absolute Gasteiger partial charge is 0.493 e. The maximum absolute atomic E-state index is 12.6. The van der Waals surface area contributed by atoms with Crippen molar-refractivity contribution in [1.82, 2.24) is 9.78 Å². The topological polar surface area (TPSA) is 74.6 Å². The number of ether oxygens (including phenoxy) is 3. The number of hydrogen-bond acceptors (Lipinski definition) is 5. The van der Waals surface area contributed by atoms with Crippen molar-refractivity contribution in [3.8, 4) is 22.9 Å². The van der Waals surface area contributed by atoms with Crippen LogP contribution in [0.15, 0.2) is 42.5 Å². The van der Waals surface area contributed by atoms with Crippen LogP contribution < -0.4 is 19.5 Å². The fourth-order valence-corrected chi connectivity index (χ4v) is 3.00. The van der Waals surface area contributed by atoms with Crippen LogP contribution in [0.5, 0.6) is 17.2 Å². The molecule has 1 aromatic heterocycles. The van der Waals surface area contributed by atoms with Gasteiger partial charge in [-0.3, -0.25) is 4.79 Å². The fraction of sp³-hybridized carbons (Fsp3) is 0.238. The summed E-state index contributed by atoms with van der Waals surface area (Å²) < 4.78 is 17.8.